The second-order valence-electron chi connectivity index (χ2n) is 3.65. The summed E-state index contributed by atoms with van der Waals surface area (Å²) in [6.07, 6.45) is 0.271. The van der Waals surface area contributed by atoms with Crippen molar-refractivity contribution in [2.24, 2.45) is 0 Å². The van der Waals surface area contributed by atoms with Gasteiger partial charge in [-0.15, -0.1) is 0 Å². The van der Waals surface area contributed by atoms with Gasteiger partial charge in [-0.3, -0.25) is 0 Å². The van der Waals surface area contributed by atoms with Crippen LogP contribution in [0.5, 0.6) is 5.75 Å². The molecule has 2 atom stereocenters. The highest BCUT2D eigenvalue weighted by Crippen LogP contribution is 2.40. The Morgan fingerprint density at radius 2 is 2.21 bits per heavy atom. The van der Waals surface area contributed by atoms with E-state index in [0.717, 1.165) is 27.8 Å². The molecule has 2 nitrogen and oxygen atoms in total. The largest absolute Gasteiger partial charge is 0.487 e. The van der Waals surface area contributed by atoms with Crippen molar-refractivity contribution in [2.45, 2.75) is 32.5 Å². The molecule has 0 saturated heterocycles. The van der Waals surface area contributed by atoms with E-state index in [9.17, 15) is 5.11 Å². The van der Waals surface area contributed by atoms with Crippen LogP contribution in [0.3, 0.4) is 0 Å². The molecule has 1 aliphatic rings. The van der Waals surface area contributed by atoms with E-state index < -0.39 is 6.10 Å². The normalized spacial score (nSPS) is 24.6. The number of fused-ring (bicyclic) bond motifs is 1. The van der Waals surface area contributed by atoms with Crippen LogP contribution in [0.15, 0.2) is 16.6 Å². The van der Waals surface area contributed by atoms with E-state index in [-0.39, 0.29) is 6.10 Å². The highest BCUT2D eigenvalue weighted by atomic mass is 79.9. The molecule has 0 saturated carbocycles. The number of hydrogen-bond acceptors (Lipinski definition) is 2. The summed E-state index contributed by atoms with van der Waals surface area (Å²) >= 11 is 3.45. The van der Waals surface area contributed by atoms with E-state index >= 15 is 0 Å². The van der Waals surface area contributed by atoms with Gasteiger partial charge in [-0.25, -0.2) is 0 Å². The molecular weight excluding hydrogens is 244 g/mol. The third-order valence-corrected chi connectivity index (χ3v) is 3.50. The van der Waals surface area contributed by atoms with Crippen LogP contribution >= 0.6 is 15.9 Å². The fourth-order valence-electron chi connectivity index (χ4n) is 1.75. The lowest BCUT2D eigenvalue weighted by Gasteiger charge is -2.10. The summed E-state index contributed by atoms with van der Waals surface area (Å²) < 4.78 is 6.65. The van der Waals surface area contributed by atoms with Crippen molar-refractivity contribution in [1.29, 1.82) is 0 Å². The first-order valence-electron chi connectivity index (χ1n) is 4.78. The fourth-order valence-corrected chi connectivity index (χ4v) is 2.08. The van der Waals surface area contributed by atoms with Crippen molar-refractivity contribution >= 4 is 15.9 Å². The van der Waals surface area contributed by atoms with E-state index in [0.29, 0.717) is 0 Å². The van der Waals surface area contributed by atoms with Crippen LogP contribution in [0.4, 0.5) is 0 Å². The third-order valence-electron chi connectivity index (χ3n) is 2.64. The molecule has 2 rings (SSSR count). The molecule has 1 aromatic carbocycles. The summed E-state index contributed by atoms with van der Waals surface area (Å²) in [7, 11) is 0. The summed E-state index contributed by atoms with van der Waals surface area (Å²) in [5.74, 6) is 0.807. The summed E-state index contributed by atoms with van der Waals surface area (Å²) in [6, 6.07) is 3.92. The van der Waals surface area contributed by atoms with Gasteiger partial charge in [0, 0.05) is 10.0 Å². The first-order valence-corrected chi connectivity index (χ1v) is 5.57. The number of benzene rings is 1. The molecule has 0 aliphatic carbocycles. The van der Waals surface area contributed by atoms with E-state index in [1.165, 1.54) is 0 Å². The monoisotopic (exact) mass is 256 g/mol. The molecular formula is C11H13BrO2. The van der Waals surface area contributed by atoms with Crippen molar-refractivity contribution < 1.29 is 9.84 Å². The Morgan fingerprint density at radius 3 is 2.86 bits per heavy atom. The van der Waals surface area contributed by atoms with E-state index in [1.54, 1.807) is 0 Å². The number of ether oxygens (including phenoxy) is 1. The van der Waals surface area contributed by atoms with Gasteiger partial charge in [0.2, 0.25) is 0 Å². The molecule has 14 heavy (non-hydrogen) atoms. The maximum absolute atomic E-state index is 9.92. The molecule has 3 heteroatoms. The zero-order chi connectivity index (χ0) is 10.3. The van der Waals surface area contributed by atoms with Crippen LogP contribution < -0.4 is 4.74 Å². The van der Waals surface area contributed by atoms with Crippen molar-refractivity contribution in [3.05, 3.63) is 27.7 Å². The van der Waals surface area contributed by atoms with Gasteiger partial charge < -0.3 is 9.84 Å². The van der Waals surface area contributed by atoms with Crippen molar-refractivity contribution in [2.75, 3.05) is 0 Å². The van der Waals surface area contributed by atoms with E-state index in [4.69, 9.17) is 4.74 Å². The Balaban J connectivity index is 2.44. The van der Waals surface area contributed by atoms with Crippen LogP contribution in [0, 0.1) is 6.92 Å². The van der Waals surface area contributed by atoms with Crippen molar-refractivity contribution in [1.82, 2.24) is 0 Å². The molecule has 1 aliphatic heterocycles. The summed E-state index contributed by atoms with van der Waals surface area (Å²) in [4.78, 5) is 0. The molecule has 76 valence electrons. The highest BCUT2D eigenvalue weighted by Gasteiger charge is 2.31. The molecule has 0 fully saturated rings. The smallest absolute Gasteiger partial charge is 0.129 e. The van der Waals surface area contributed by atoms with Crippen LogP contribution in [0.1, 0.15) is 30.6 Å². The average Bonchev–Trinajstić information content (AvgIpc) is 2.45. The summed E-state index contributed by atoms with van der Waals surface area (Å²) in [5.41, 5.74) is 2.04. The van der Waals surface area contributed by atoms with Crippen LogP contribution in [0.25, 0.3) is 0 Å². The van der Waals surface area contributed by atoms with Gasteiger partial charge in [-0.1, -0.05) is 22.9 Å². The molecule has 0 bridgehead atoms. The lowest BCUT2D eigenvalue weighted by Crippen LogP contribution is -2.16. The summed E-state index contributed by atoms with van der Waals surface area (Å²) in [5, 5.41) is 9.92. The molecule has 1 aromatic rings. The van der Waals surface area contributed by atoms with Crippen LogP contribution in [0.2, 0.25) is 0 Å². The molecule has 0 aromatic heterocycles. The fraction of sp³-hybridized carbons (Fsp3) is 0.455. The van der Waals surface area contributed by atoms with E-state index in [1.807, 2.05) is 26.0 Å². The van der Waals surface area contributed by atoms with Gasteiger partial charge in [0.05, 0.1) is 0 Å². The lowest BCUT2D eigenvalue weighted by atomic mass is 10.0. The highest BCUT2D eigenvalue weighted by molar-refractivity contribution is 9.10. The predicted octanol–water partition coefficient (Wildman–Crippen LogP) is 2.96. The molecule has 1 N–H and O–H groups in total. The number of aryl methyl sites for hydroxylation is 1. The standard InChI is InChI=1S/C11H13BrO2/c1-3-9-11(13)7-4-6(2)8(12)5-10(7)14-9/h4-5,9,11,13H,3H2,1-2H3. The van der Waals surface area contributed by atoms with Crippen molar-refractivity contribution in [3.8, 4) is 5.75 Å². The maximum atomic E-state index is 9.92. The van der Waals surface area contributed by atoms with E-state index in [2.05, 4.69) is 15.9 Å². The van der Waals surface area contributed by atoms with Gasteiger partial charge >= 0.3 is 0 Å². The zero-order valence-corrected chi connectivity index (χ0v) is 9.84. The molecule has 2 unspecified atom stereocenters. The SMILES string of the molecule is CCC1Oc2cc(Br)c(C)cc2C1O. The number of rotatable bonds is 1. The minimum absolute atomic E-state index is 0.0845. The molecule has 1 heterocycles. The van der Waals surface area contributed by atoms with Crippen LogP contribution in [-0.2, 0) is 0 Å². The topological polar surface area (TPSA) is 29.5 Å². The molecule has 0 spiro atoms. The zero-order valence-electron chi connectivity index (χ0n) is 8.25. The quantitative estimate of drug-likeness (QED) is 0.838. The number of aliphatic hydroxyl groups is 1. The minimum Gasteiger partial charge on any atom is -0.487 e. The Labute approximate surface area is 92.0 Å². The number of halogens is 1. The van der Waals surface area contributed by atoms with Gasteiger partial charge in [0.1, 0.15) is 18.0 Å². The minimum atomic E-state index is -0.471. The Kier molecular flexibility index (Phi) is 2.54. The number of hydrogen-bond donors (Lipinski definition) is 1. The Morgan fingerprint density at radius 1 is 1.50 bits per heavy atom. The van der Waals surface area contributed by atoms with Gasteiger partial charge in [-0.05, 0) is 31.0 Å². The summed E-state index contributed by atoms with van der Waals surface area (Å²) in [6.45, 7) is 4.03. The average molecular weight is 257 g/mol. The number of aliphatic hydroxyl groups excluding tert-OH is 1. The first-order chi connectivity index (χ1) is 6.63. The third kappa shape index (κ3) is 1.44. The van der Waals surface area contributed by atoms with Gasteiger partial charge in [-0.2, -0.15) is 0 Å². The first kappa shape index (κ1) is 9.99. The second-order valence-corrected chi connectivity index (χ2v) is 4.50. The van der Waals surface area contributed by atoms with Gasteiger partial charge in [0.25, 0.3) is 0 Å². The second kappa shape index (κ2) is 3.55. The molecule has 0 radical (unpaired) electrons. The molecule has 0 amide bonds. The predicted molar refractivity (Wildman–Crippen MR) is 58.5 cm³/mol. The van der Waals surface area contributed by atoms with Crippen molar-refractivity contribution in [3.63, 3.8) is 0 Å². The lowest BCUT2D eigenvalue weighted by molar-refractivity contribution is 0.0653. The Bertz CT molecular complexity index is 363. The van der Waals surface area contributed by atoms with Gasteiger partial charge in [0.15, 0.2) is 0 Å². The Hall–Kier alpha value is -0.540. The van der Waals surface area contributed by atoms with Crippen LogP contribution in [-0.4, -0.2) is 11.2 Å². The maximum Gasteiger partial charge on any atom is 0.129 e.